The molecule has 31 heavy (non-hydrogen) atoms. The van der Waals surface area contributed by atoms with E-state index in [-0.39, 0.29) is 12.4 Å². The first-order valence-corrected chi connectivity index (χ1v) is 10.4. The normalized spacial score (nSPS) is 10.6. The van der Waals surface area contributed by atoms with Crippen LogP contribution in [0, 0.1) is 0 Å². The predicted octanol–water partition coefficient (Wildman–Crippen LogP) is 6.16. The van der Waals surface area contributed by atoms with Crippen LogP contribution in [0.25, 0.3) is 10.9 Å². The zero-order chi connectivity index (χ0) is 20.8. The SMILES string of the molecule is COc1cc(CNCCc2c[nH]c3ccccc23)ccc1OCc1ccccc1Cl.Cl. The first-order chi connectivity index (χ1) is 14.7. The van der Waals surface area contributed by atoms with Gasteiger partial charge in [-0.2, -0.15) is 0 Å². The molecule has 0 amide bonds. The van der Waals surface area contributed by atoms with Gasteiger partial charge in [0.25, 0.3) is 0 Å². The Morgan fingerprint density at radius 1 is 0.935 bits per heavy atom. The third-order valence-corrected chi connectivity index (χ3v) is 5.51. The van der Waals surface area contributed by atoms with Crippen LogP contribution in [-0.2, 0) is 19.6 Å². The molecule has 0 spiro atoms. The molecule has 0 saturated carbocycles. The van der Waals surface area contributed by atoms with Gasteiger partial charge in [-0.05, 0) is 48.4 Å². The molecule has 0 saturated heterocycles. The summed E-state index contributed by atoms with van der Waals surface area (Å²) in [6.07, 6.45) is 3.07. The minimum atomic E-state index is 0. The van der Waals surface area contributed by atoms with Crippen LogP contribution in [0.5, 0.6) is 11.5 Å². The minimum absolute atomic E-state index is 0. The van der Waals surface area contributed by atoms with Gasteiger partial charge in [-0.15, -0.1) is 12.4 Å². The van der Waals surface area contributed by atoms with Crippen molar-refractivity contribution in [1.29, 1.82) is 0 Å². The molecule has 0 radical (unpaired) electrons. The number of benzene rings is 3. The van der Waals surface area contributed by atoms with Crippen molar-refractivity contribution in [2.24, 2.45) is 0 Å². The van der Waals surface area contributed by atoms with Gasteiger partial charge in [-0.3, -0.25) is 0 Å². The van der Waals surface area contributed by atoms with E-state index in [0.717, 1.165) is 36.4 Å². The quantitative estimate of drug-likeness (QED) is 0.296. The average molecular weight is 457 g/mol. The van der Waals surface area contributed by atoms with Crippen LogP contribution in [0.4, 0.5) is 0 Å². The Morgan fingerprint density at radius 3 is 2.58 bits per heavy atom. The summed E-state index contributed by atoms with van der Waals surface area (Å²) in [5.74, 6) is 1.43. The maximum Gasteiger partial charge on any atom is 0.161 e. The van der Waals surface area contributed by atoms with E-state index in [9.17, 15) is 0 Å². The number of fused-ring (bicyclic) bond motifs is 1. The first-order valence-electron chi connectivity index (χ1n) is 10.0. The van der Waals surface area contributed by atoms with Crippen molar-refractivity contribution < 1.29 is 9.47 Å². The molecule has 4 nitrogen and oxygen atoms in total. The van der Waals surface area contributed by atoms with E-state index in [1.165, 1.54) is 16.5 Å². The Balaban J connectivity index is 0.00000272. The molecule has 0 aliphatic carbocycles. The summed E-state index contributed by atoms with van der Waals surface area (Å²) in [4.78, 5) is 3.33. The van der Waals surface area contributed by atoms with Gasteiger partial charge in [0.05, 0.1) is 7.11 Å². The second-order valence-corrected chi connectivity index (χ2v) is 7.56. The molecule has 0 fully saturated rings. The van der Waals surface area contributed by atoms with Gasteiger partial charge in [-0.25, -0.2) is 0 Å². The van der Waals surface area contributed by atoms with Crippen molar-refractivity contribution >= 4 is 34.9 Å². The molecule has 2 N–H and O–H groups in total. The number of aromatic amines is 1. The molecular formula is C25H26Cl2N2O2. The van der Waals surface area contributed by atoms with Crippen molar-refractivity contribution in [3.05, 3.63) is 94.6 Å². The highest BCUT2D eigenvalue weighted by molar-refractivity contribution is 6.31. The largest absolute Gasteiger partial charge is 0.493 e. The van der Waals surface area contributed by atoms with Crippen LogP contribution in [0.15, 0.2) is 72.9 Å². The lowest BCUT2D eigenvalue weighted by Gasteiger charge is -2.13. The van der Waals surface area contributed by atoms with Crippen molar-refractivity contribution in [2.45, 2.75) is 19.6 Å². The van der Waals surface area contributed by atoms with Gasteiger partial charge in [0.15, 0.2) is 11.5 Å². The molecule has 0 aliphatic rings. The number of aromatic nitrogens is 1. The molecule has 162 valence electrons. The fraction of sp³-hybridized carbons (Fsp3) is 0.200. The van der Waals surface area contributed by atoms with Crippen LogP contribution >= 0.6 is 24.0 Å². The molecule has 6 heteroatoms. The summed E-state index contributed by atoms with van der Waals surface area (Å²) >= 11 is 6.21. The number of H-pyrrole nitrogens is 1. The predicted molar refractivity (Wildman–Crippen MR) is 130 cm³/mol. The van der Waals surface area contributed by atoms with Gasteiger partial charge in [0.1, 0.15) is 6.61 Å². The standard InChI is InChI=1S/C25H25ClN2O2.ClH/c1-29-25-14-18(10-11-24(25)30-17-20-6-2-4-8-22(20)26)15-27-13-12-19-16-28-23-9-5-3-7-21(19)23;/h2-11,14,16,27-28H,12-13,15,17H2,1H3;1H. The van der Waals surface area contributed by atoms with Gasteiger partial charge >= 0.3 is 0 Å². The number of rotatable bonds is 9. The number of nitrogens with one attached hydrogen (secondary N) is 2. The molecular weight excluding hydrogens is 431 g/mol. The van der Waals surface area contributed by atoms with Crippen molar-refractivity contribution in [3.63, 3.8) is 0 Å². The molecule has 0 aliphatic heterocycles. The van der Waals surface area contributed by atoms with E-state index < -0.39 is 0 Å². The Bertz CT molecular complexity index is 1130. The number of methoxy groups -OCH3 is 1. The van der Waals surface area contributed by atoms with Crippen LogP contribution in [0.2, 0.25) is 5.02 Å². The zero-order valence-electron chi connectivity index (χ0n) is 17.4. The zero-order valence-corrected chi connectivity index (χ0v) is 18.9. The minimum Gasteiger partial charge on any atom is -0.493 e. The second kappa shape index (κ2) is 11.1. The summed E-state index contributed by atoms with van der Waals surface area (Å²) < 4.78 is 11.5. The molecule has 1 heterocycles. The van der Waals surface area contributed by atoms with E-state index in [2.05, 4.69) is 46.8 Å². The molecule has 4 rings (SSSR count). The Hall–Kier alpha value is -2.66. The molecule has 1 aromatic heterocycles. The molecule has 4 aromatic rings. The monoisotopic (exact) mass is 456 g/mol. The summed E-state index contributed by atoms with van der Waals surface area (Å²) in [7, 11) is 1.66. The Kier molecular flexibility index (Phi) is 8.24. The van der Waals surface area contributed by atoms with Gasteiger partial charge in [0.2, 0.25) is 0 Å². The van der Waals surface area contributed by atoms with Crippen LogP contribution < -0.4 is 14.8 Å². The summed E-state index contributed by atoms with van der Waals surface area (Å²) in [5.41, 5.74) is 4.61. The molecule has 3 aromatic carbocycles. The number of para-hydroxylation sites is 1. The molecule has 0 bridgehead atoms. The lowest BCUT2D eigenvalue weighted by Crippen LogP contribution is -2.16. The van der Waals surface area contributed by atoms with E-state index in [0.29, 0.717) is 17.4 Å². The second-order valence-electron chi connectivity index (χ2n) is 7.15. The highest BCUT2D eigenvalue weighted by Gasteiger charge is 2.08. The fourth-order valence-electron chi connectivity index (χ4n) is 3.51. The van der Waals surface area contributed by atoms with E-state index in [1.807, 2.05) is 36.4 Å². The third-order valence-electron chi connectivity index (χ3n) is 5.14. The van der Waals surface area contributed by atoms with Gasteiger partial charge in [0, 0.05) is 34.2 Å². The van der Waals surface area contributed by atoms with Crippen LogP contribution in [0.1, 0.15) is 16.7 Å². The van der Waals surface area contributed by atoms with Crippen LogP contribution in [0.3, 0.4) is 0 Å². The smallest absolute Gasteiger partial charge is 0.161 e. The lowest BCUT2D eigenvalue weighted by atomic mass is 10.1. The fourth-order valence-corrected chi connectivity index (χ4v) is 3.70. The number of halogens is 2. The summed E-state index contributed by atoms with van der Waals surface area (Å²) in [6, 6.07) is 22.1. The lowest BCUT2D eigenvalue weighted by molar-refractivity contribution is 0.284. The number of ether oxygens (including phenoxy) is 2. The van der Waals surface area contributed by atoms with Crippen molar-refractivity contribution in [3.8, 4) is 11.5 Å². The third kappa shape index (κ3) is 5.73. The van der Waals surface area contributed by atoms with Crippen LogP contribution in [-0.4, -0.2) is 18.6 Å². The highest BCUT2D eigenvalue weighted by atomic mass is 35.5. The first kappa shape index (κ1) is 23.0. The van der Waals surface area contributed by atoms with E-state index >= 15 is 0 Å². The topological polar surface area (TPSA) is 46.3 Å². The highest BCUT2D eigenvalue weighted by Crippen LogP contribution is 2.29. The number of hydrogen-bond acceptors (Lipinski definition) is 3. The molecule has 0 unspecified atom stereocenters. The Morgan fingerprint density at radius 2 is 1.74 bits per heavy atom. The number of hydrogen-bond donors (Lipinski definition) is 2. The maximum atomic E-state index is 6.21. The van der Waals surface area contributed by atoms with Crippen molar-refractivity contribution in [1.82, 2.24) is 10.3 Å². The maximum absolute atomic E-state index is 6.21. The van der Waals surface area contributed by atoms with E-state index in [1.54, 1.807) is 7.11 Å². The van der Waals surface area contributed by atoms with Gasteiger partial charge < -0.3 is 19.8 Å². The average Bonchev–Trinajstić information content (AvgIpc) is 3.19. The Labute approximate surface area is 193 Å². The summed E-state index contributed by atoms with van der Waals surface area (Å²) in [5, 5.41) is 5.51. The molecule has 0 atom stereocenters. The van der Waals surface area contributed by atoms with Crippen molar-refractivity contribution in [2.75, 3.05) is 13.7 Å². The van der Waals surface area contributed by atoms with Gasteiger partial charge in [-0.1, -0.05) is 54.1 Å². The van der Waals surface area contributed by atoms with E-state index in [4.69, 9.17) is 21.1 Å². The summed E-state index contributed by atoms with van der Waals surface area (Å²) in [6.45, 7) is 2.07.